The maximum absolute atomic E-state index is 12.5. The summed E-state index contributed by atoms with van der Waals surface area (Å²) in [5.74, 6) is -1.11. The fourth-order valence-corrected chi connectivity index (χ4v) is 2.95. The van der Waals surface area contributed by atoms with Crippen LogP contribution in [0.2, 0.25) is 0 Å². The van der Waals surface area contributed by atoms with E-state index in [0.29, 0.717) is 11.3 Å². The first-order chi connectivity index (χ1) is 11.9. The van der Waals surface area contributed by atoms with Crippen molar-refractivity contribution in [2.45, 2.75) is 19.4 Å². The van der Waals surface area contributed by atoms with Crippen molar-refractivity contribution in [3.8, 4) is 17.2 Å². The zero-order chi connectivity index (χ0) is 18.3. The van der Waals surface area contributed by atoms with Gasteiger partial charge in [0.25, 0.3) is 0 Å². The summed E-state index contributed by atoms with van der Waals surface area (Å²) in [6.45, 7) is 1.68. The van der Waals surface area contributed by atoms with Gasteiger partial charge in [0.15, 0.2) is 17.3 Å². The van der Waals surface area contributed by atoms with E-state index < -0.39 is 17.7 Å². The Balaban J connectivity index is 2.03. The summed E-state index contributed by atoms with van der Waals surface area (Å²) >= 11 is 0. The first kappa shape index (κ1) is 16.8. The Labute approximate surface area is 143 Å². The molecule has 0 saturated heterocycles. The van der Waals surface area contributed by atoms with Gasteiger partial charge in [-0.25, -0.2) is 0 Å². The SMILES string of the molecule is COC1=CC(=O)C([C@H]2CC(=O)c3c(O)cc(OC)c(C)c3O2)=CC1=O. The van der Waals surface area contributed by atoms with Crippen molar-refractivity contribution in [2.24, 2.45) is 0 Å². The van der Waals surface area contributed by atoms with Gasteiger partial charge in [-0.2, -0.15) is 0 Å². The highest BCUT2D eigenvalue weighted by atomic mass is 16.5. The van der Waals surface area contributed by atoms with Crippen LogP contribution >= 0.6 is 0 Å². The molecule has 130 valence electrons. The molecule has 2 aliphatic rings. The smallest absolute Gasteiger partial charge is 0.221 e. The minimum absolute atomic E-state index is 0.0536. The second kappa shape index (κ2) is 6.08. The molecule has 0 radical (unpaired) electrons. The molecule has 0 spiro atoms. The second-order valence-corrected chi connectivity index (χ2v) is 5.70. The fourth-order valence-electron chi connectivity index (χ4n) is 2.95. The number of hydrogen-bond donors (Lipinski definition) is 1. The van der Waals surface area contributed by atoms with Crippen molar-refractivity contribution in [1.29, 1.82) is 0 Å². The Morgan fingerprint density at radius 3 is 2.48 bits per heavy atom. The molecule has 1 aromatic carbocycles. The van der Waals surface area contributed by atoms with Crippen LogP contribution in [-0.2, 0) is 14.3 Å². The molecule has 25 heavy (non-hydrogen) atoms. The van der Waals surface area contributed by atoms with Crippen LogP contribution in [0.1, 0.15) is 22.3 Å². The number of Topliss-reactive ketones (excluding diaryl/α,β-unsaturated/α-hetero) is 1. The largest absolute Gasteiger partial charge is 0.507 e. The lowest BCUT2D eigenvalue weighted by Gasteiger charge is -2.29. The van der Waals surface area contributed by atoms with Crippen LogP contribution in [0.25, 0.3) is 0 Å². The summed E-state index contributed by atoms with van der Waals surface area (Å²) in [7, 11) is 2.73. The number of rotatable bonds is 3. The van der Waals surface area contributed by atoms with Crippen molar-refractivity contribution < 1.29 is 33.7 Å². The van der Waals surface area contributed by atoms with Crippen LogP contribution in [0, 0.1) is 6.92 Å². The minimum atomic E-state index is -0.920. The van der Waals surface area contributed by atoms with Gasteiger partial charge >= 0.3 is 0 Å². The van der Waals surface area contributed by atoms with Crippen molar-refractivity contribution in [3.05, 3.63) is 40.7 Å². The topological polar surface area (TPSA) is 99.1 Å². The van der Waals surface area contributed by atoms with E-state index in [1.165, 1.54) is 20.3 Å². The average molecular weight is 344 g/mol. The monoisotopic (exact) mass is 344 g/mol. The predicted molar refractivity (Wildman–Crippen MR) is 85.9 cm³/mol. The van der Waals surface area contributed by atoms with Crippen molar-refractivity contribution in [3.63, 3.8) is 0 Å². The van der Waals surface area contributed by atoms with E-state index in [-0.39, 0.29) is 40.6 Å². The lowest BCUT2D eigenvalue weighted by Crippen LogP contribution is -2.33. The molecule has 7 nitrogen and oxygen atoms in total. The first-order valence-electron chi connectivity index (χ1n) is 7.53. The van der Waals surface area contributed by atoms with E-state index in [9.17, 15) is 19.5 Å². The summed E-state index contributed by atoms with van der Waals surface area (Å²) < 4.78 is 15.8. The van der Waals surface area contributed by atoms with Crippen molar-refractivity contribution in [2.75, 3.05) is 14.2 Å². The van der Waals surface area contributed by atoms with Crippen LogP contribution in [0.15, 0.2) is 29.6 Å². The quantitative estimate of drug-likeness (QED) is 0.832. The van der Waals surface area contributed by atoms with E-state index in [2.05, 4.69) is 0 Å². The number of ether oxygens (including phenoxy) is 3. The number of fused-ring (bicyclic) bond motifs is 1. The Kier molecular flexibility index (Phi) is 4.08. The highest BCUT2D eigenvalue weighted by Crippen LogP contribution is 2.43. The van der Waals surface area contributed by atoms with Crippen LogP contribution in [0.5, 0.6) is 17.2 Å². The molecule has 0 bridgehead atoms. The predicted octanol–water partition coefficient (Wildman–Crippen LogP) is 1.65. The van der Waals surface area contributed by atoms with Gasteiger partial charge in [0.05, 0.1) is 20.6 Å². The van der Waals surface area contributed by atoms with Crippen molar-refractivity contribution in [1.82, 2.24) is 0 Å². The van der Waals surface area contributed by atoms with Gasteiger partial charge in [-0.1, -0.05) is 0 Å². The number of benzene rings is 1. The maximum Gasteiger partial charge on any atom is 0.221 e. The maximum atomic E-state index is 12.5. The third-order valence-corrected chi connectivity index (χ3v) is 4.23. The van der Waals surface area contributed by atoms with Gasteiger partial charge in [-0.05, 0) is 6.92 Å². The highest BCUT2D eigenvalue weighted by molar-refractivity contribution is 6.20. The number of ketones is 3. The van der Waals surface area contributed by atoms with Crippen molar-refractivity contribution >= 4 is 17.3 Å². The molecular formula is C18H16O7. The minimum Gasteiger partial charge on any atom is -0.507 e. The number of hydrogen-bond acceptors (Lipinski definition) is 7. The average Bonchev–Trinajstić information content (AvgIpc) is 2.58. The number of phenolic OH excluding ortho intramolecular Hbond substituents is 1. The highest BCUT2D eigenvalue weighted by Gasteiger charge is 2.37. The first-order valence-corrected chi connectivity index (χ1v) is 7.53. The van der Waals surface area contributed by atoms with Gasteiger partial charge in [0, 0.05) is 29.4 Å². The van der Waals surface area contributed by atoms with Gasteiger partial charge in [-0.3, -0.25) is 14.4 Å². The normalized spacial score (nSPS) is 19.6. The number of aromatic hydroxyl groups is 1. The molecule has 1 aliphatic carbocycles. The molecule has 1 N–H and O–H groups in total. The van der Waals surface area contributed by atoms with Crippen LogP contribution in [0.4, 0.5) is 0 Å². The Bertz CT molecular complexity index is 861. The lowest BCUT2D eigenvalue weighted by molar-refractivity contribution is -0.117. The molecule has 1 aromatic rings. The molecule has 0 amide bonds. The summed E-state index contributed by atoms with van der Waals surface area (Å²) in [6.07, 6.45) is 1.13. The molecule has 0 fully saturated rings. The lowest BCUT2D eigenvalue weighted by atomic mass is 9.89. The number of carbonyl (C=O) groups is 3. The summed E-state index contributed by atoms with van der Waals surface area (Å²) in [5.41, 5.74) is 0.654. The molecule has 0 aromatic heterocycles. The second-order valence-electron chi connectivity index (χ2n) is 5.70. The molecule has 3 rings (SSSR count). The van der Waals surface area contributed by atoms with Gasteiger partial charge in [0.2, 0.25) is 5.78 Å². The zero-order valence-electron chi connectivity index (χ0n) is 13.9. The van der Waals surface area contributed by atoms with Gasteiger partial charge in [-0.15, -0.1) is 0 Å². The number of allylic oxidation sites excluding steroid dienone is 2. The summed E-state index contributed by atoms with van der Waals surface area (Å²) in [6, 6.07) is 1.35. The number of phenols is 1. The van der Waals surface area contributed by atoms with Crippen LogP contribution in [-0.4, -0.2) is 42.8 Å². The van der Waals surface area contributed by atoms with E-state index >= 15 is 0 Å². The molecule has 7 heteroatoms. The van der Waals surface area contributed by atoms with E-state index in [4.69, 9.17) is 14.2 Å². The molecule has 1 atom stereocenters. The molecule has 1 heterocycles. The number of methoxy groups -OCH3 is 2. The Morgan fingerprint density at radius 1 is 1.12 bits per heavy atom. The standard InChI is InChI=1S/C18H16O7/c1-8-14(23-2)6-12(21)17-13(22)7-15(25-18(8)17)9-4-11(20)16(24-3)5-10(9)19/h4-6,15,21H,7H2,1-3H3/t15-/m1/s1. The van der Waals surface area contributed by atoms with Gasteiger partial charge in [0.1, 0.15) is 28.9 Å². The molecular weight excluding hydrogens is 328 g/mol. The molecule has 1 aliphatic heterocycles. The van der Waals surface area contributed by atoms with Crippen LogP contribution < -0.4 is 9.47 Å². The molecule has 0 saturated carbocycles. The van der Waals surface area contributed by atoms with E-state index in [0.717, 1.165) is 12.2 Å². The number of carbonyl (C=O) groups excluding carboxylic acids is 3. The summed E-state index contributed by atoms with van der Waals surface area (Å²) in [4.78, 5) is 36.7. The molecule has 0 unspecified atom stereocenters. The fraction of sp³-hybridized carbons (Fsp3) is 0.278. The third kappa shape index (κ3) is 2.67. The Hall–Kier alpha value is -3.09. The zero-order valence-corrected chi connectivity index (χ0v) is 13.9. The Morgan fingerprint density at radius 2 is 1.84 bits per heavy atom. The third-order valence-electron chi connectivity index (χ3n) is 4.23. The van der Waals surface area contributed by atoms with Crippen LogP contribution in [0.3, 0.4) is 0 Å². The van der Waals surface area contributed by atoms with Gasteiger partial charge < -0.3 is 19.3 Å². The summed E-state index contributed by atoms with van der Waals surface area (Å²) in [5, 5.41) is 10.1. The van der Waals surface area contributed by atoms with E-state index in [1.54, 1.807) is 6.92 Å². The van der Waals surface area contributed by atoms with E-state index in [1.807, 2.05) is 0 Å².